The van der Waals surface area contributed by atoms with Crippen LogP contribution in [0.5, 0.6) is 5.88 Å². The Morgan fingerprint density at radius 1 is 1.17 bits per heavy atom. The molecule has 0 spiro atoms. The molecule has 0 bridgehead atoms. The fourth-order valence-corrected chi connectivity index (χ4v) is 3.21. The second-order valence-corrected chi connectivity index (χ2v) is 6.64. The minimum absolute atomic E-state index is 0.0596. The molecular weight excluding hydrogens is 318 g/mol. The summed E-state index contributed by atoms with van der Waals surface area (Å²) in [5, 5.41) is 4.82. The van der Waals surface area contributed by atoms with Crippen LogP contribution < -0.4 is 9.46 Å². The van der Waals surface area contributed by atoms with Crippen molar-refractivity contribution in [2.24, 2.45) is 7.05 Å². The second-order valence-electron chi connectivity index (χ2n) is 4.96. The molecule has 23 heavy (non-hydrogen) atoms. The first-order chi connectivity index (χ1) is 10.9. The molecule has 0 aromatic carbocycles. The zero-order chi connectivity index (χ0) is 16.6. The smallest absolute Gasteiger partial charge is 0.263 e. The summed E-state index contributed by atoms with van der Waals surface area (Å²) in [5.74, 6) is 0.171. The number of hydrogen-bond donors (Lipinski definition) is 1. The lowest BCUT2D eigenvalue weighted by molar-refractivity contribution is 0.400. The molecule has 0 radical (unpaired) electrons. The van der Waals surface area contributed by atoms with E-state index in [1.54, 1.807) is 37.1 Å². The van der Waals surface area contributed by atoms with Crippen LogP contribution in [0.2, 0.25) is 0 Å². The Morgan fingerprint density at radius 2 is 1.96 bits per heavy atom. The van der Waals surface area contributed by atoms with Gasteiger partial charge in [0.15, 0.2) is 0 Å². The lowest BCUT2D eigenvalue weighted by Gasteiger charge is -2.12. The molecule has 3 aromatic rings. The summed E-state index contributed by atoms with van der Waals surface area (Å²) in [6.45, 7) is 1.78. The molecule has 3 heterocycles. The van der Waals surface area contributed by atoms with E-state index in [1.165, 1.54) is 19.4 Å². The number of anilines is 1. The standard InChI is InChI=1S/C14H15N5O3S/c1-9-4-5-11(8-15-9)23(20,21)18-12-13-10(7-17-19(13)2)6-16-14(12)22-3/h4-8,18H,1-3H3. The van der Waals surface area contributed by atoms with Crippen molar-refractivity contribution in [3.05, 3.63) is 36.4 Å². The highest BCUT2D eigenvalue weighted by atomic mass is 32.2. The van der Waals surface area contributed by atoms with Gasteiger partial charge in [-0.05, 0) is 19.1 Å². The van der Waals surface area contributed by atoms with E-state index in [9.17, 15) is 8.42 Å². The number of fused-ring (bicyclic) bond motifs is 1. The van der Waals surface area contributed by atoms with Crippen LogP contribution in [0.1, 0.15) is 5.69 Å². The Morgan fingerprint density at radius 3 is 2.61 bits per heavy atom. The summed E-state index contributed by atoms with van der Waals surface area (Å²) in [6.07, 6.45) is 4.49. The second kappa shape index (κ2) is 5.51. The third-order valence-electron chi connectivity index (χ3n) is 3.36. The molecule has 3 aromatic heterocycles. The van der Waals surface area contributed by atoms with E-state index in [0.29, 0.717) is 10.9 Å². The number of rotatable bonds is 4. The van der Waals surface area contributed by atoms with Gasteiger partial charge in [0, 0.05) is 30.5 Å². The Balaban J connectivity index is 2.13. The summed E-state index contributed by atoms with van der Waals surface area (Å²) < 4.78 is 34.5. The highest BCUT2D eigenvalue weighted by Crippen LogP contribution is 2.32. The van der Waals surface area contributed by atoms with Crippen molar-refractivity contribution in [2.45, 2.75) is 11.8 Å². The van der Waals surface area contributed by atoms with E-state index in [2.05, 4.69) is 19.8 Å². The van der Waals surface area contributed by atoms with Crippen molar-refractivity contribution < 1.29 is 13.2 Å². The van der Waals surface area contributed by atoms with Crippen molar-refractivity contribution in [2.75, 3.05) is 11.8 Å². The quantitative estimate of drug-likeness (QED) is 0.776. The Kier molecular flexibility index (Phi) is 3.64. The first-order valence-electron chi connectivity index (χ1n) is 6.72. The number of hydrogen-bond acceptors (Lipinski definition) is 6. The fraction of sp³-hybridized carbons (Fsp3) is 0.214. The van der Waals surface area contributed by atoms with Crippen molar-refractivity contribution in [1.29, 1.82) is 0 Å². The van der Waals surface area contributed by atoms with Gasteiger partial charge in [-0.15, -0.1) is 0 Å². The van der Waals surface area contributed by atoms with Gasteiger partial charge in [-0.1, -0.05) is 0 Å². The number of aromatic nitrogens is 4. The maximum Gasteiger partial charge on any atom is 0.263 e. The maximum atomic E-state index is 12.6. The van der Waals surface area contributed by atoms with Crippen LogP contribution in [0.15, 0.2) is 35.6 Å². The molecule has 0 aliphatic rings. The van der Waals surface area contributed by atoms with Gasteiger partial charge in [0.25, 0.3) is 10.0 Å². The Bertz CT molecular complexity index is 964. The normalized spacial score (nSPS) is 11.6. The van der Waals surface area contributed by atoms with Gasteiger partial charge in [0.1, 0.15) is 10.6 Å². The number of sulfonamides is 1. The van der Waals surface area contributed by atoms with E-state index < -0.39 is 10.0 Å². The van der Waals surface area contributed by atoms with Crippen LogP contribution >= 0.6 is 0 Å². The molecule has 0 saturated heterocycles. The predicted molar refractivity (Wildman–Crippen MR) is 84.8 cm³/mol. The molecule has 9 heteroatoms. The van der Waals surface area contributed by atoms with E-state index in [1.807, 2.05) is 0 Å². The minimum atomic E-state index is -3.82. The zero-order valence-corrected chi connectivity index (χ0v) is 13.6. The number of nitrogens with one attached hydrogen (secondary N) is 1. The molecule has 0 amide bonds. The van der Waals surface area contributed by atoms with Gasteiger partial charge in [-0.3, -0.25) is 14.4 Å². The summed E-state index contributed by atoms with van der Waals surface area (Å²) in [5.41, 5.74) is 1.56. The molecular formula is C14H15N5O3S. The van der Waals surface area contributed by atoms with Gasteiger partial charge < -0.3 is 4.74 Å². The summed E-state index contributed by atoms with van der Waals surface area (Å²) in [6, 6.07) is 3.13. The largest absolute Gasteiger partial charge is 0.479 e. The minimum Gasteiger partial charge on any atom is -0.479 e. The number of pyridine rings is 2. The number of methoxy groups -OCH3 is 1. The van der Waals surface area contributed by atoms with Crippen LogP contribution in [0, 0.1) is 6.92 Å². The first-order valence-corrected chi connectivity index (χ1v) is 8.21. The third-order valence-corrected chi connectivity index (χ3v) is 4.70. The topological polar surface area (TPSA) is 99.0 Å². The van der Waals surface area contributed by atoms with Crippen molar-refractivity contribution >= 4 is 26.6 Å². The molecule has 0 atom stereocenters. The van der Waals surface area contributed by atoms with Gasteiger partial charge in [-0.25, -0.2) is 13.4 Å². The SMILES string of the molecule is COc1ncc2cnn(C)c2c1NS(=O)(=O)c1ccc(C)nc1. The zero-order valence-electron chi connectivity index (χ0n) is 12.8. The Hall–Kier alpha value is -2.68. The molecule has 0 saturated carbocycles. The summed E-state index contributed by atoms with van der Waals surface area (Å²) >= 11 is 0. The van der Waals surface area contributed by atoms with Crippen LogP contribution in [0.3, 0.4) is 0 Å². The maximum absolute atomic E-state index is 12.6. The number of nitrogens with zero attached hydrogens (tertiary/aromatic N) is 4. The van der Waals surface area contributed by atoms with E-state index >= 15 is 0 Å². The van der Waals surface area contributed by atoms with E-state index in [0.717, 1.165) is 5.69 Å². The van der Waals surface area contributed by atoms with Crippen LogP contribution in [-0.4, -0.2) is 35.3 Å². The van der Waals surface area contributed by atoms with Gasteiger partial charge in [0.05, 0.1) is 18.8 Å². The highest BCUT2D eigenvalue weighted by Gasteiger charge is 2.21. The number of aryl methyl sites for hydroxylation is 2. The lowest BCUT2D eigenvalue weighted by Crippen LogP contribution is -2.15. The average molecular weight is 333 g/mol. The van der Waals surface area contributed by atoms with Gasteiger partial charge in [-0.2, -0.15) is 5.10 Å². The first kappa shape index (κ1) is 15.2. The fourth-order valence-electron chi connectivity index (χ4n) is 2.20. The van der Waals surface area contributed by atoms with Gasteiger partial charge >= 0.3 is 0 Å². The molecule has 0 unspecified atom stereocenters. The molecule has 0 fully saturated rings. The van der Waals surface area contributed by atoms with Crippen molar-refractivity contribution in [1.82, 2.24) is 19.7 Å². The molecule has 8 nitrogen and oxygen atoms in total. The summed E-state index contributed by atoms with van der Waals surface area (Å²) in [7, 11) is -0.681. The molecule has 1 N–H and O–H groups in total. The van der Waals surface area contributed by atoms with E-state index in [-0.39, 0.29) is 16.5 Å². The Labute approximate surface area is 133 Å². The molecule has 0 aliphatic heterocycles. The van der Waals surface area contributed by atoms with Crippen LogP contribution in [0.4, 0.5) is 5.69 Å². The average Bonchev–Trinajstić information content (AvgIpc) is 2.89. The molecule has 0 aliphatic carbocycles. The van der Waals surface area contributed by atoms with Crippen molar-refractivity contribution in [3.63, 3.8) is 0 Å². The predicted octanol–water partition coefficient (Wildman–Crippen LogP) is 1.48. The van der Waals surface area contributed by atoms with Gasteiger partial charge in [0.2, 0.25) is 5.88 Å². The monoisotopic (exact) mass is 333 g/mol. The van der Waals surface area contributed by atoms with Crippen molar-refractivity contribution in [3.8, 4) is 5.88 Å². The van der Waals surface area contributed by atoms with E-state index in [4.69, 9.17) is 4.74 Å². The van der Waals surface area contributed by atoms with Crippen LogP contribution in [0.25, 0.3) is 10.9 Å². The molecule has 120 valence electrons. The summed E-state index contributed by atoms with van der Waals surface area (Å²) in [4.78, 5) is 8.19. The van der Waals surface area contributed by atoms with Crippen LogP contribution in [-0.2, 0) is 17.1 Å². The number of ether oxygens (including phenoxy) is 1. The lowest BCUT2D eigenvalue weighted by atomic mass is 10.3. The highest BCUT2D eigenvalue weighted by molar-refractivity contribution is 7.92. The third kappa shape index (κ3) is 2.70. The molecule has 3 rings (SSSR count).